The fraction of sp³-hybridized carbons (Fsp3) is 0.480. The fourth-order valence-corrected chi connectivity index (χ4v) is 5.55. The number of nitrogens with zero attached hydrogens (tertiary/aromatic N) is 2. The van der Waals surface area contributed by atoms with E-state index in [1.165, 1.54) is 15.8 Å². The number of hydrogen-bond donors (Lipinski definition) is 0. The number of Topliss-reactive ketones (excluding diaryl/α,β-unsaturated/α-hetero) is 1. The minimum absolute atomic E-state index is 0.0125. The van der Waals surface area contributed by atoms with Crippen LogP contribution in [0.2, 0.25) is 0 Å². The summed E-state index contributed by atoms with van der Waals surface area (Å²) in [5.41, 5.74) is 1.85. The molecule has 0 amide bonds. The number of ether oxygens (including phenoxy) is 1. The fourth-order valence-electron chi connectivity index (χ4n) is 4.29. The summed E-state index contributed by atoms with van der Waals surface area (Å²) in [6.07, 6.45) is 4.59. The van der Waals surface area contributed by atoms with Gasteiger partial charge in [0.1, 0.15) is 10.6 Å². The largest absolute Gasteiger partial charge is 0.491 e. The number of rotatable bonds is 5. The third-order valence-electron chi connectivity index (χ3n) is 6.12. The van der Waals surface area contributed by atoms with Crippen LogP contribution >= 0.6 is 11.3 Å². The van der Waals surface area contributed by atoms with Gasteiger partial charge in [0.05, 0.1) is 24.4 Å². The predicted molar refractivity (Wildman–Crippen MR) is 125 cm³/mol. The first-order valence-electron chi connectivity index (χ1n) is 10.9. The smallest absolute Gasteiger partial charge is 0.262 e. The molecule has 0 N–H and O–H groups in total. The van der Waals surface area contributed by atoms with E-state index in [4.69, 9.17) is 4.74 Å². The Morgan fingerprint density at radius 2 is 1.97 bits per heavy atom. The van der Waals surface area contributed by atoms with E-state index in [-0.39, 0.29) is 29.4 Å². The van der Waals surface area contributed by atoms with Gasteiger partial charge in [-0.15, -0.1) is 11.3 Å². The van der Waals surface area contributed by atoms with E-state index in [2.05, 4.69) is 25.8 Å². The lowest BCUT2D eigenvalue weighted by Gasteiger charge is -2.33. The lowest BCUT2D eigenvalue weighted by atomic mass is 9.72. The van der Waals surface area contributed by atoms with Gasteiger partial charge >= 0.3 is 0 Å². The molecule has 4 rings (SSSR count). The SMILES string of the molecule is CC(C)Oc1ccc(C(=O)Cn2cnc3sc4c(c3c2=O)CCC(C(C)(C)C)C4)cc1. The second kappa shape index (κ2) is 8.23. The summed E-state index contributed by atoms with van der Waals surface area (Å²) >= 11 is 1.64. The standard InChI is InChI=1S/C25H30N2O3S/c1-15(2)30-18-9-6-16(7-10-18)20(28)13-27-14-26-23-22(24(27)29)19-11-8-17(25(3,4)5)12-21(19)31-23/h6-7,9-10,14-15,17H,8,11-13H2,1-5H3. The number of benzene rings is 1. The van der Waals surface area contributed by atoms with E-state index >= 15 is 0 Å². The molecule has 5 nitrogen and oxygen atoms in total. The minimum Gasteiger partial charge on any atom is -0.491 e. The van der Waals surface area contributed by atoms with Gasteiger partial charge < -0.3 is 4.74 Å². The molecule has 1 atom stereocenters. The van der Waals surface area contributed by atoms with Crippen LogP contribution in [0, 0.1) is 11.3 Å². The van der Waals surface area contributed by atoms with Crippen molar-refractivity contribution in [1.29, 1.82) is 0 Å². The van der Waals surface area contributed by atoms with Gasteiger partial charge in [0.25, 0.3) is 5.56 Å². The van der Waals surface area contributed by atoms with Crippen molar-refractivity contribution in [3.05, 3.63) is 57.0 Å². The number of carbonyl (C=O) groups excluding carboxylic acids is 1. The van der Waals surface area contributed by atoms with Gasteiger partial charge in [0.15, 0.2) is 5.78 Å². The van der Waals surface area contributed by atoms with Gasteiger partial charge in [0.2, 0.25) is 0 Å². The molecule has 0 fully saturated rings. The zero-order valence-corrected chi connectivity index (χ0v) is 19.7. The maximum atomic E-state index is 13.2. The van der Waals surface area contributed by atoms with Crippen molar-refractivity contribution in [2.45, 2.75) is 66.5 Å². The molecule has 1 aliphatic carbocycles. The first-order valence-corrected chi connectivity index (χ1v) is 11.7. The molecule has 0 saturated carbocycles. The maximum Gasteiger partial charge on any atom is 0.262 e. The molecule has 2 heterocycles. The first kappa shape index (κ1) is 21.8. The number of ketones is 1. The maximum absolute atomic E-state index is 13.2. The average Bonchev–Trinajstić information content (AvgIpc) is 3.08. The molecule has 0 spiro atoms. The Morgan fingerprint density at radius 3 is 2.61 bits per heavy atom. The first-order chi connectivity index (χ1) is 14.6. The van der Waals surface area contributed by atoms with Crippen molar-refractivity contribution in [1.82, 2.24) is 9.55 Å². The molecule has 0 bridgehead atoms. The Balaban J connectivity index is 1.59. The van der Waals surface area contributed by atoms with Crippen molar-refractivity contribution in [2.24, 2.45) is 11.3 Å². The van der Waals surface area contributed by atoms with E-state index in [0.29, 0.717) is 16.9 Å². The molecule has 0 radical (unpaired) electrons. The summed E-state index contributed by atoms with van der Waals surface area (Å²) in [6.45, 7) is 10.8. The van der Waals surface area contributed by atoms with Crippen LogP contribution in [0.3, 0.4) is 0 Å². The summed E-state index contributed by atoms with van der Waals surface area (Å²) in [5, 5.41) is 0.711. The normalized spacial score (nSPS) is 16.5. The van der Waals surface area contributed by atoms with Crippen LogP contribution in [0.25, 0.3) is 10.2 Å². The predicted octanol–water partition coefficient (Wildman–Crippen LogP) is 5.28. The second-order valence-electron chi connectivity index (χ2n) is 9.78. The molecular formula is C25H30N2O3S. The van der Waals surface area contributed by atoms with Crippen molar-refractivity contribution in [3.63, 3.8) is 0 Å². The number of aromatic nitrogens is 2. The Bertz CT molecular complexity index is 1170. The molecule has 6 heteroatoms. The van der Waals surface area contributed by atoms with E-state index in [9.17, 15) is 9.59 Å². The van der Waals surface area contributed by atoms with Crippen LogP contribution in [0.5, 0.6) is 5.75 Å². The highest BCUT2D eigenvalue weighted by Crippen LogP contribution is 2.41. The monoisotopic (exact) mass is 438 g/mol. The molecule has 0 saturated heterocycles. The molecule has 0 aliphatic heterocycles. The molecule has 1 aromatic carbocycles. The Kier molecular flexibility index (Phi) is 5.77. The number of hydrogen-bond acceptors (Lipinski definition) is 5. The highest BCUT2D eigenvalue weighted by Gasteiger charge is 2.31. The Hall–Kier alpha value is -2.47. The van der Waals surface area contributed by atoms with Gasteiger partial charge in [0, 0.05) is 10.4 Å². The van der Waals surface area contributed by atoms with Crippen LogP contribution in [-0.2, 0) is 19.4 Å². The van der Waals surface area contributed by atoms with Gasteiger partial charge in [-0.05, 0) is 74.3 Å². The highest BCUT2D eigenvalue weighted by atomic mass is 32.1. The number of carbonyl (C=O) groups is 1. The molecule has 2 aromatic heterocycles. The lowest BCUT2D eigenvalue weighted by molar-refractivity contribution is 0.0970. The van der Waals surface area contributed by atoms with E-state index in [1.54, 1.807) is 35.6 Å². The topological polar surface area (TPSA) is 61.2 Å². The third-order valence-corrected chi connectivity index (χ3v) is 7.28. The zero-order valence-electron chi connectivity index (χ0n) is 18.9. The van der Waals surface area contributed by atoms with Crippen molar-refractivity contribution >= 4 is 27.3 Å². The summed E-state index contributed by atoms with van der Waals surface area (Å²) < 4.78 is 7.08. The molecule has 164 valence electrons. The van der Waals surface area contributed by atoms with E-state index in [1.807, 2.05) is 13.8 Å². The molecule has 3 aromatic rings. The second-order valence-corrected chi connectivity index (χ2v) is 10.9. The van der Waals surface area contributed by atoms with Crippen LogP contribution in [0.1, 0.15) is 61.8 Å². The average molecular weight is 439 g/mol. The van der Waals surface area contributed by atoms with Gasteiger partial charge in [-0.3, -0.25) is 14.2 Å². The van der Waals surface area contributed by atoms with Crippen LogP contribution in [0.4, 0.5) is 0 Å². The Labute approximate surface area is 187 Å². The van der Waals surface area contributed by atoms with Crippen LogP contribution in [0.15, 0.2) is 35.4 Å². The zero-order chi connectivity index (χ0) is 22.3. The van der Waals surface area contributed by atoms with Gasteiger partial charge in [-0.2, -0.15) is 0 Å². The summed E-state index contributed by atoms with van der Waals surface area (Å²) in [7, 11) is 0. The van der Waals surface area contributed by atoms with E-state index < -0.39 is 0 Å². The summed E-state index contributed by atoms with van der Waals surface area (Å²) in [5.74, 6) is 1.22. The third kappa shape index (κ3) is 4.45. The van der Waals surface area contributed by atoms with Crippen molar-refractivity contribution in [2.75, 3.05) is 0 Å². The number of aryl methyl sites for hydroxylation is 1. The molecule has 1 unspecified atom stereocenters. The van der Waals surface area contributed by atoms with Crippen LogP contribution < -0.4 is 10.3 Å². The van der Waals surface area contributed by atoms with Crippen molar-refractivity contribution in [3.8, 4) is 5.75 Å². The minimum atomic E-state index is -0.115. The van der Waals surface area contributed by atoms with Gasteiger partial charge in [-0.1, -0.05) is 20.8 Å². The number of thiophene rings is 1. The lowest BCUT2D eigenvalue weighted by Crippen LogP contribution is -2.27. The molecule has 31 heavy (non-hydrogen) atoms. The highest BCUT2D eigenvalue weighted by molar-refractivity contribution is 7.18. The summed E-state index contributed by atoms with van der Waals surface area (Å²) in [6, 6.07) is 7.07. The van der Waals surface area contributed by atoms with Crippen LogP contribution in [-0.4, -0.2) is 21.4 Å². The molecule has 1 aliphatic rings. The number of fused-ring (bicyclic) bond motifs is 3. The van der Waals surface area contributed by atoms with Gasteiger partial charge in [-0.25, -0.2) is 4.98 Å². The summed E-state index contributed by atoms with van der Waals surface area (Å²) in [4.78, 5) is 32.6. The van der Waals surface area contributed by atoms with E-state index in [0.717, 1.165) is 35.4 Å². The quantitative estimate of drug-likeness (QED) is 0.509. The van der Waals surface area contributed by atoms with Crippen molar-refractivity contribution < 1.29 is 9.53 Å². The Morgan fingerprint density at radius 1 is 1.26 bits per heavy atom. The molecular weight excluding hydrogens is 408 g/mol.